The molecule has 0 aliphatic carbocycles. The fourth-order valence-electron chi connectivity index (χ4n) is 2.41. The van der Waals surface area contributed by atoms with Crippen LogP contribution in [0, 0.1) is 17.1 Å². The van der Waals surface area contributed by atoms with Gasteiger partial charge in [-0.25, -0.2) is 4.39 Å². The number of benzene rings is 1. The molecule has 1 saturated heterocycles. The van der Waals surface area contributed by atoms with Crippen molar-refractivity contribution in [2.45, 2.75) is 29.7 Å². The Bertz CT molecular complexity index is 565. The average molecular weight is 321 g/mol. The van der Waals surface area contributed by atoms with E-state index in [1.165, 1.54) is 17.8 Å². The van der Waals surface area contributed by atoms with Crippen molar-refractivity contribution in [2.24, 2.45) is 0 Å². The van der Waals surface area contributed by atoms with Gasteiger partial charge in [0.15, 0.2) is 0 Å². The summed E-state index contributed by atoms with van der Waals surface area (Å²) in [4.78, 5) is 14.7. The molecule has 1 aliphatic rings. The van der Waals surface area contributed by atoms with E-state index in [4.69, 9.17) is 0 Å². The summed E-state index contributed by atoms with van der Waals surface area (Å²) in [6, 6.07) is 8.78. The van der Waals surface area contributed by atoms with Gasteiger partial charge < -0.3 is 10.2 Å². The normalized spacial score (nSPS) is 17.7. The number of rotatable bonds is 5. The van der Waals surface area contributed by atoms with Gasteiger partial charge in [-0.3, -0.25) is 4.79 Å². The van der Waals surface area contributed by atoms with E-state index >= 15 is 0 Å². The highest BCUT2D eigenvalue weighted by Gasteiger charge is 2.34. The first-order valence-corrected chi connectivity index (χ1v) is 8.31. The summed E-state index contributed by atoms with van der Waals surface area (Å²) in [6.07, 6.45) is 1.57. The van der Waals surface area contributed by atoms with Crippen molar-refractivity contribution in [2.75, 3.05) is 25.9 Å². The Kier molecular flexibility index (Phi) is 5.81. The number of nitriles is 1. The van der Waals surface area contributed by atoms with Crippen LogP contribution in [0.15, 0.2) is 29.2 Å². The highest BCUT2D eigenvalue weighted by Crippen LogP contribution is 2.23. The third-order valence-corrected chi connectivity index (χ3v) is 4.91. The number of piperidine rings is 1. The molecule has 0 atom stereocenters. The molecule has 1 aromatic carbocycles. The molecule has 0 unspecified atom stereocenters. The van der Waals surface area contributed by atoms with Gasteiger partial charge in [-0.1, -0.05) is 12.1 Å². The summed E-state index contributed by atoms with van der Waals surface area (Å²) in [6.45, 7) is 1.61. The molecular weight excluding hydrogens is 301 g/mol. The largest absolute Gasteiger partial charge is 0.338 e. The average Bonchev–Trinajstić information content (AvgIpc) is 2.52. The lowest BCUT2D eigenvalue weighted by atomic mass is 9.89. The third kappa shape index (κ3) is 4.46. The van der Waals surface area contributed by atoms with Crippen LogP contribution >= 0.6 is 11.8 Å². The topological polar surface area (TPSA) is 56.1 Å². The van der Waals surface area contributed by atoms with Crippen LogP contribution in [0.25, 0.3) is 0 Å². The minimum atomic E-state index is -0.744. The fraction of sp³-hybridized carbons (Fsp3) is 0.500. The molecule has 118 valence electrons. The zero-order valence-corrected chi connectivity index (χ0v) is 13.5. The smallest absolute Gasteiger partial charge is 0.222 e. The maximum Gasteiger partial charge on any atom is 0.222 e. The highest BCUT2D eigenvalue weighted by molar-refractivity contribution is 7.99. The summed E-state index contributed by atoms with van der Waals surface area (Å²) in [5, 5.41) is 12.2. The SMILES string of the molecule is CN1CCC(C#N)(NC(=O)CCSc2ccccc2F)CC1. The van der Waals surface area contributed by atoms with E-state index < -0.39 is 5.54 Å². The second-order valence-corrected chi connectivity index (χ2v) is 6.71. The van der Waals surface area contributed by atoms with E-state index in [0.29, 0.717) is 23.5 Å². The minimum absolute atomic E-state index is 0.144. The van der Waals surface area contributed by atoms with Crippen LogP contribution in [-0.2, 0) is 4.79 Å². The van der Waals surface area contributed by atoms with E-state index in [2.05, 4.69) is 16.3 Å². The van der Waals surface area contributed by atoms with Crippen molar-refractivity contribution in [3.63, 3.8) is 0 Å². The van der Waals surface area contributed by atoms with Gasteiger partial charge in [0.2, 0.25) is 5.91 Å². The Morgan fingerprint density at radius 2 is 2.14 bits per heavy atom. The second-order valence-electron chi connectivity index (χ2n) is 5.57. The Labute approximate surface area is 134 Å². The number of carbonyl (C=O) groups excluding carboxylic acids is 1. The molecule has 0 bridgehead atoms. The Morgan fingerprint density at radius 1 is 1.45 bits per heavy atom. The zero-order valence-electron chi connectivity index (χ0n) is 12.6. The summed E-state index contributed by atoms with van der Waals surface area (Å²) in [5.74, 6) is 0.0837. The molecule has 6 heteroatoms. The molecule has 0 aromatic heterocycles. The van der Waals surface area contributed by atoms with Gasteiger partial charge in [-0.15, -0.1) is 11.8 Å². The summed E-state index contributed by atoms with van der Waals surface area (Å²) in [7, 11) is 2.01. The number of carbonyl (C=O) groups is 1. The molecular formula is C16H20FN3OS. The van der Waals surface area contributed by atoms with Gasteiger partial charge in [0.1, 0.15) is 11.4 Å². The number of halogens is 1. The standard InChI is InChI=1S/C16H20FN3OS/c1-20-9-7-16(12-18,8-10-20)19-15(21)6-11-22-14-5-3-2-4-13(14)17/h2-5H,6-11H2,1H3,(H,19,21). The quantitative estimate of drug-likeness (QED) is 0.846. The first-order chi connectivity index (χ1) is 10.5. The number of amides is 1. The maximum absolute atomic E-state index is 13.5. The van der Waals surface area contributed by atoms with Gasteiger partial charge in [0, 0.05) is 30.2 Å². The number of likely N-dealkylation sites (tertiary alicyclic amines) is 1. The van der Waals surface area contributed by atoms with Crippen LogP contribution in [-0.4, -0.2) is 42.2 Å². The van der Waals surface area contributed by atoms with Gasteiger partial charge in [0.05, 0.1) is 6.07 Å². The van der Waals surface area contributed by atoms with E-state index in [-0.39, 0.29) is 18.1 Å². The molecule has 0 spiro atoms. The van der Waals surface area contributed by atoms with E-state index in [9.17, 15) is 14.4 Å². The van der Waals surface area contributed by atoms with Crippen LogP contribution < -0.4 is 5.32 Å². The summed E-state index contributed by atoms with van der Waals surface area (Å²) < 4.78 is 13.5. The van der Waals surface area contributed by atoms with E-state index in [1.54, 1.807) is 18.2 Å². The predicted octanol–water partition coefficient (Wildman–Crippen LogP) is 2.41. The molecule has 22 heavy (non-hydrogen) atoms. The van der Waals surface area contributed by atoms with Crippen molar-refractivity contribution in [1.29, 1.82) is 5.26 Å². The molecule has 4 nitrogen and oxygen atoms in total. The number of hydrogen-bond acceptors (Lipinski definition) is 4. The second kappa shape index (κ2) is 7.61. The van der Waals surface area contributed by atoms with E-state index in [0.717, 1.165) is 13.1 Å². The fourth-order valence-corrected chi connectivity index (χ4v) is 3.30. The molecule has 0 radical (unpaired) electrons. The molecule has 0 saturated carbocycles. The van der Waals surface area contributed by atoms with Gasteiger partial charge in [-0.05, 0) is 32.0 Å². The van der Waals surface area contributed by atoms with Crippen LogP contribution in [0.2, 0.25) is 0 Å². The minimum Gasteiger partial charge on any atom is -0.338 e. The van der Waals surface area contributed by atoms with Crippen LogP contribution in [0.5, 0.6) is 0 Å². The molecule has 1 N–H and O–H groups in total. The van der Waals surface area contributed by atoms with Crippen LogP contribution in [0.4, 0.5) is 4.39 Å². The number of hydrogen-bond donors (Lipinski definition) is 1. The lowest BCUT2D eigenvalue weighted by Crippen LogP contribution is -2.53. The molecule has 1 aliphatic heterocycles. The van der Waals surface area contributed by atoms with Crippen LogP contribution in [0.3, 0.4) is 0 Å². The van der Waals surface area contributed by atoms with Crippen LogP contribution in [0.1, 0.15) is 19.3 Å². The molecule has 1 fully saturated rings. The maximum atomic E-state index is 13.5. The monoisotopic (exact) mass is 321 g/mol. The van der Waals surface area contributed by atoms with Gasteiger partial charge in [0.25, 0.3) is 0 Å². The zero-order chi connectivity index (χ0) is 16.0. The highest BCUT2D eigenvalue weighted by atomic mass is 32.2. The van der Waals surface area contributed by atoms with Gasteiger partial charge >= 0.3 is 0 Å². The predicted molar refractivity (Wildman–Crippen MR) is 85.0 cm³/mol. The third-order valence-electron chi connectivity index (χ3n) is 3.86. The van der Waals surface area contributed by atoms with E-state index in [1.807, 2.05) is 7.05 Å². The number of nitrogens with one attached hydrogen (secondary N) is 1. The van der Waals surface area contributed by atoms with Crippen molar-refractivity contribution >= 4 is 17.7 Å². The summed E-state index contributed by atoms with van der Waals surface area (Å²) in [5.41, 5.74) is -0.744. The lowest BCUT2D eigenvalue weighted by molar-refractivity contribution is -0.122. The molecule has 1 heterocycles. The van der Waals surface area contributed by atoms with Crippen molar-refractivity contribution in [3.8, 4) is 6.07 Å². The molecule has 1 aromatic rings. The Morgan fingerprint density at radius 3 is 2.77 bits per heavy atom. The Balaban J connectivity index is 1.80. The van der Waals surface area contributed by atoms with Gasteiger partial charge in [-0.2, -0.15) is 5.26 Å². The summed E-state index contributed by atoms with van der Waals surface area (Å²) >= 11 is 1.32. The lowest BCUT2D eigenvalue weighted by Gasteiger charge is -2.36. The first kappa shape index (κ1) is 16.8. The Hall–Kier alpha value is -1.58. The van der Waals surface area contributed by atoms with Crippen molar-refractivity contribution in [3.05, 3.63) is 30.1 Å². The van der Waals surface area contributed by atoms with Crippen molar-refractivity contribution in [1.82, 2.24) is 10.2 Å². The molecule has 1 amide bonds. The number of thioether (sulfide) groups is 1. The molecule has 2 rings (SSSR count). The first-order valence-electron chi connectivity index (χ1n) is 7.33. The van der Waals surface area contributed by atoms with Crippen molar-refractivity contribution < 1.29 is 9.18 Å². The number of nitrogens with zero attached hydrogens (tertiary/aromatic N) is 2.